The number of aromatic nitrogens is 1. The van der Waals surface area contributed by atoms with Crippen LogP contribution in [0.1, 0.15) is 32.8 Å². The summed E-state index contributed by atoms with van der Waals surface area (Å²) < 4.78 is 0. The highest BCUT2D eigenvalue weighted by atomic mass is 35.5. The molecule has 88 valence electrons. The van der Waals surface area contributed by atoms with Gasteiger partial charge in [-0.3, -0.25) is 4.98 Å². The Kier molecular flexibility index (Phi) is 3.17. The van der Waals surface area contributed by atoms with Crippen LogP contribution in [0.4, 0.5) is 0 Å². The third-order valence-electron chi connectivity index (χ3n) is 3.19. The molecule has 0 saturated heterocycles. The minimum Gasteiger partial charge on any atom is -0.261 e. The second kappa shape index (κ2) is 4.79. The Labute approximate surface area is 110 Å². The second-order valence-electron chi connectivity index (χ2n) is 4.44. The maximum absolute atomic E-state index is 6.48. The summed E-state index contributed by atoms with van der Waals surface area (Å²) in [6, 6.07) is 8.29. The number of halogens is 1. The van der Waals surface area contributed by atoms with Crippen molar-refractivity contribution in [3.63, 3.8) is 0 Å². The first kappa shape index (κ1) is 11.2. The van der Waals surface area contributed by atoms with Crippen molar-refractivity contribution < 1.29 is 0 Å². The molecule has 2 aromatic heterocycles. The predicted octanol–water partition coefficient (Wildman–Crippen LogP) is 4.15. The van der Waals surface area contributed by atoms with Gasteiger partial charge in [-0.1, -0.05) is 6.07 Å². The molecule has 1 aliphatic carbocycles. The van der Waals surface area contributed by atoms with Gasteiger partial charge in [-0.15, -0.1) is 22.9 Å². The van der Waals surface area contributed by atoms with Crippen LogP contribution in [0.25, 0.3) is 0 Å². The van der Waals surface area contributed by atoms with E-state index in [0.29, 0.717) is 0 Å². The van der Waals surface area contributed by atoms with Crippen molar-refractivity contribution in [1.29, 1.82) is 0 Å². The molecule has 0 bridgehead atoms. The Morgan fingerprint density at radius 1 is 1.35 bits per heavy atom. The zero-order valence-corrected chi connectivity index (χ0v) is 11.1. The van der Waals surface area contributed by atoms with Gasteiger partial charge in [-0.05, 0) is 43.0 Å². The number of thiophene rings is 1. The molecule has 1 unspecified atom stereocenters. The summed E-state index contributed by atoms with van der Waals surface area (Å²) in [5, 5.41) is 0.0699. The fraction of sp³-hybridized carbons (Fsp3) is 0.357. The number of rotatable bonds is 3. The van der Waals surface area contributed by atoms with Crippen LogP contribution in [-0.4, -0.2) is 4.98 Å². The lowest BCUT2D eigenvalue weighted by Gasteiger charge is -2.06. The van der Waals surface area contributed by atoms with Crippen LogP contribution < -0.4 is 0 Å². The van der Waals surface area contributed by atoms with E-state index in [1.54, 1.807) is 4.88 Å². The SMILES string of the molecule is ClC(Cc1ccccn1)c1cc2c(s1)CCC2. The van der Waals surface area contributed by atoms with Crippen molar-refractivity contribution >= 4 is 22.9 Å². The van der Waals surface area contributed by atoms with Gasteiger partial charge >= 0.3 is 0 Å². The maximum atomic E-state index is 6.48. The van der Waals surface area contributed by atoms with Crippen molar-refractivity contribution in [3.05, 3.63) is 51.5 Å². The molecule has 1 atom stereocenters. The fourth-order valence-electron chi connectivity index (χ4n) is 2.31. The molecule has 0 aromatic carbocycles. The molecule has 0 aliphatic heterocycles. The van der Waals surface area contributed by atoms with Gasteiger partial charge in [0.1, 0.15) is 0 Å². The van der Waals surface area contributed by atoms with Crippen LogP contribution in [0, 0.1) is 0 Å². The second-order valence-corrected chi connectivity index (χ2v) is 6.14. The molecular formula is C14H14ClNS. The highest BCUT2D eigenvalue weighted by Gasteiger charge is 2.19. The Balaban J connectivity index is 1.75. The van der Waals surface area contributed by atoms with Crippen LogP contribution in [0.15, 0.2) is 30.5 Å². The quantitative estimate of drug-likeness (QED) is 0.758. The summed E-state index contributed by atoms with van der Waals surface area (Å²) in [5.74, 6) is 0. The standard InChI is InChI=1S/C14H14ClNS/c15-12(9-11-5-1-2-7-16-11)14-8-10-4-3-6-13(10)17-14/h1-2,5,7-8,12H,3-4,6,9H2. The van der Waals surface area contributed by atoms with Gasteiger partial charge in [0.25, 0.3) is 0 Å². The molecular weight excluding hydrogens is 250 g/mol. The summed E-state index contributed by atoms with van der Waals surface area (Å²) in [7, 11) is 0. The average molecular weight is 264 g/mol. The lowest BCUT2D eigenvalue weighted by molar-refractivity contribution is 0.887. The van der Waals surface area contributed by atoms with Gasteiger partial charge in [0.05, 0.1) is 5.38 Å². The van der Waals surface area contributed by atoms with Crippen LogP contribution in [0.3, 0.4) is 0 Å². The largest absolute Gasteiger partial charge is 0.261 e. The fourth-order valence-corrected chi connectivity index (χ4v) is 3.90. The Morgan fingerprint density at radius 3 is 3.06 bits per heavy atom. The monoisotopic (exact) mass is 263 g/mol. The van der Waals surface area contributed by atoms with Crippen LogP contribution in [0.2, 0.25) is 0 Å². The van der Waals surface area contributed by atoms with E-state index in [2.05, 4.69) is 11.1 Å². The summed E-state index contributed by atoms with van der Waals surface area (Å²) >= 11 is 8.37. The Bertz CT molecular complexity index is 485. The van der Waals surface area contributed by atoms with E-state index >= 15 is 0 Å². The van der Waals surface area contributed by atoms with Crippen LogP contribution in [-0.2, 0) is 19.3 Å². The first-order valence-corrected chi connectivity index (χ1v) is 7.23. The summed E-state index contributed by atoms with van der Waals surface area (Å²) in [5.41, 5.74) is 2.60. The molecule has 0 saturated carbocycles. The summed E-state index contributed by atoms with van der Waals surface area (Å²) in [6.45, 7) is 0. The van der Waals surface area contributed by atoms with Crippen molar-refractivity contribution in [3.8, 4) is 0 Å². The minimum atomic E-state index is 0.0699. The highest BCUT2D eigenvalue weighted by Crippen LogP contribution is 2.37. The number of alkyl halides is 1. The van der Waals surface area contributed by atoms with Gasteiger partial charge in [-0.2, -0.15) is 0 Å². The third-order valence-corrected chi connectivity index (χ3v) is 5.06. The molecule has 3 rings (SSSR count). The molecule has 1 nitrogen and oxygen atoms in total. The van der Waals surface area contributed by atoms with E-state index in [4.69, 9.17) is 11.6 Å². The molecule has 2 aromatic rings. The number of hydrogen-bond acceptors (Lipinski definition) is 2. The van der Waals surface area contributed by atoms with E-state index in [1.165, 1.54) is 29.7 Å². The number of hydrogen-bond donors (Lipinski definition) is 0. The normalized spacial score (nSPS) is 15.8. The molecule has 1 aliphatic rings. The minimum absolute atomic E-state index is 0.0699. The molecule has 0 radical (unpaired) electrons. The van der Waals surface area contributed by atoms with Crippen molar-refractivity contribution in [2.75, 3.05) is 0 Å². The van der Waals surface area contributed by atoms with E-state index in [1.807, 2.05) is 35.7 Å². The molecule has 17 heavy (non-hydrogen) atoms. The number of nitrogens with zero attached hydrogens (tertiary/aromatic N) is 1. The molecule has 2 heterocycles. The average Bonchev–Trinajstić information content (AvgIpc) is 2.90. The van der Waals surface area contributed by atoms with Crippen molar-refractivity contribution in [2.24, 2.45) is 0 Å². The summed E-state index contributed by atoms with van der Waals surface area (Å²) in [4.78, 5) is 7.18. The lowest BCUT2D eigenvalue weighted by Crippen LogP contribution is -1.95. The van der Waals surface area contributed by atoms with Crippen molar-refractivity contribution in [2.45, 2.75) is 31.1 Å². The first-order chi connectivity index (χ1) is 8.33. The number of aryl methyl sites for hydroxylation is 2. The predicted molar refractivity (Wildman–Crippen MR) is 72.9 cm³/mol. The zero-order valence-electron chi connectivity index (χ0n) is 9.53. The van der Waals surface area contributed by atoms with E-state index in [-0.39, 0.29) is 5.38 Å². The van der Waals surface area contributed by atoms with E-state index < -0.39 is 0 Å². The molecule has 0 amide bonds. The van der Waals surface area contributed by atoms with Gasteiger partial charge < -0.3 is 0 Å². The van der Waals surface area contributed by atoms with Crippen LogP contribution in [0.5, 0.6) is 0 Å². The van der Waals surface area contributed by atoms with Crippen molar-refractivity contribution in [1.82, 2.24) is 4.98 Å². The van der Waals surface area contributed by atoms with Gasteiger partial charge in [0.2, 0.25) is 0 Å². The highest BCUT2D eigenvalue weighted by molar-refractivity contribution is 7.12. The smallest absolute Gasteiger partial charge is 0.0734 e. The lowest BCUT2D eigenvalue weighted by atomic mass is 10.1. The van der Waals surface area contributed by atoms with E-state index in [0.717, 1.165) is 12.1 Å². The zero-order chi connectivity index (χ0) is 11.7. The first-order valence-electron chi connectivity index (χ1n) is 5.98. The van der Waals surface area contributed by atoms with Gasteiger partial charge in [0.15, 0.2) is 0 Å². The topological polar surface area (TPSA) is 12.9 Å². The molecule has 3 heteroatoms. The molecule has 0 spiro atoms. The molecule has 0 fully saturated rings. The third kappa shape index (κ3) is 2.38. The summed E-state index contributed by atoms with van der Waals surface area (Å²) in [6.07, 6.45) is 6.44. The maximum Gasteiger partial charge on any atom is 0.0734 e. The molecule has 0 N–H and O–H groups in total. The number of fused-ring (bicyclic) bond motifs is 1. The van der Waals surface area contributed by atoms with E-state index in [9.17, 15) is 0 Å². The van der Waals surface area contributed by atoms with Gasteiger partial charge in [-0.25, -0.2) is 0 Å². The number of pyridine rings is 1. The van der Waals surface area contributed by atoms with Gasteiger partial charge in [0, 0.05) is 28.1 Å². The Morgan fingerprint density at radius 2 is 2.29 bits per heavy atom. The van der Waals surface area contributed by atoms with Crippen LogP contribution >= 0.6 is 22.9 Å². The Hall–Kier alpha value is -0.860.